The van der Waals surface area contributed by atoms with Crippen molar-refractivity contribution in [2.75, 3.05) is 31.5 Å². The van der Waals surface area contributed by atoms with Gasteiger partial charge in [0.15, 0.2) is 5.82 Å². The van der Waals surface area contributed by atoms with Gasteiger partial charge in [-0.2, -0.15) is 0 Å². The van der Waals surface area contributed by atoms with E-state index >= 15 is 0 Å². The summed E-state index contributed by atoms with van der Waals surface area (Å²) < 4.78 is 4.95. The van der Waals surface area contributed by atoms with Crippen LogP contribution in [0.5, 0.6) is 0 Å². The number of anilines is 1. The predicted molar refractivity (Wildman–Crippen MR) is 75.7 cm³/mol. The molecule has 1 saturated carbocycles. The van der Waals surface area contributed by atoms with Crippen molar-refractivity contribution in [2.24, 2.45) is 0 Å². The first kappa shape index (κ1) is 13.4. The summed E-state index contributed by atoms with van der Waals surface area (Å²) in [6.07, 6.45) is 5.36. The number of amides is 2. The van der Waals surface area contributed by atoms with E-state index in [4.69, 9.17) is 4.52 Å². The summed E-state index contributed by atoms with van der Waals surface area (Å²) in [6, 6.07) is 2.40. The monoisotopic (exact) mass is 278 g/mol. The van der Waals surface area contributed by atoms with Gasteiger partial charge in [-0.05, 0) is 19.8 Å². The maximum absolute atomic E-state index is 12.1. The van der Waals surface area contributed by atoms with Crippen molar-refractivity contribution in [1.82, 2.24) is 15.0 Å². The van der Waals surface area contributed by atoms with Gasteiger partial charge in [0.05, 0.1) is 0 Å². The molecule has 2 amide bonds. The van der Waals surface area contributed by atoms with Crippen molar-refractivity contribution >= 4 is 11.8 Å². The maximum atomic E-state index is 12.1. The van der Waals surface area contributed by atoms with Crippen LogP contribution in [0.2, 0.25) is 0 Å². The van der Waals surface area contributed by atoms with Crippen molar-refractivity contribution in [1.29, 1.82) is 0 Å². The van der Waals surface area contributed by atoms with Crippen molar-refractivity contribution < 1.29 is 9.32 Å². The Hall–Kier alpha value is -1.56. The van der Waals surface area contributed by atoms with Crippen LogP contribution in [0.15, 0.2) is 10.6 Å². The predicted octanol–water partition coefficient (Wildman–Crippen LogP) is 2.08. The molecular weight excluding hydrogens is 256 g/mol. The molecule has 3 rings (SSSR count). The van der Waals surface area contributed by atoms with Crippen molar-refractivity contribution in [3.63, 3.8) is 0 Å². The molecular formula is C14H22N4O2. The van der Waals surface area contributed by atoms with Gasteiger partial charge in [0, 0.05) is 38.3 Å². The Morgan fingerprint density at radius 2 is 2.00 bits per heavy atom. The Labute approximate surface area is 119 Å². The fourth-order valence-corrected chi connectivity index (χ4v) is 3.17. The Balaban J connectivity index is 1.48. The van der Waals surface area contributed by atoms with Crippen LogP contribution in [-0.2, 0) is 0 Å². The molecule has 2 fully saturated rings. The molecule has 2 aliphatic rings. The lowest BCUT2D eigenvalue weighted by Crippen LogP contribution is -2.52. The summed E-state index contributed by atoms with van der Waals surface area (Å²) in [7, 11) is 0. The number of rotatable bonds is 2. The van der Waals surface area contributed by atoms with Crippen LogP contribution in [0.25, 0.3) is 0 Å². The zero-order chi connectivity index (χ0) is 13.9. The molecule has 1 saturated heterocycles. The molecule has 1 aliphatic heterocycles. The first-order valence-electron chi connectivity index (χ1n) is 7.45. The molecule has 0 radical (unpaired) electrons. The van der Waals surface area contributed by atoms with Crippen LogP contribution < -0.4 is 5.32 Å². The van der Waals surface area contributed by atoms with Crippen LogP contribution in [-0.4, -0.2) is 53.2 Å². The molecule has 110 valence electrons. The normalized spacial score (nSPS) is 21.4. The molecule has 0 atom stereocenters. The lowest BCUT2D eigenvalue weighted by Gasteiger charge is -2.37. The number of carbonyl (C=O) groups excluding carboxylic acids is 1. The van der Waals surface area contributed by atoms with Gasteiger partial charge in [-0.25, -0.2) is 4.79 Å². The highest BCUT2D eigenvalue weighted by Gasteiger charge is 2.27. The lowest BCUT2D eigenvalue weighted by molar-refractivity contribution is 0.115. The zero-order valence-electron chi connectivity index (χ0n) is 12.0. The Morgan fingerprint density at radius 1 is 1.30 bits per heavy atom. The van der Waals surface area contributed by atoms with Gasteiger partial charge in [-0.15, -0.1) is 0 Å². The summed E-state index contributed by atoms with van der Waals surface area (Å²) in [4.78, 5) is 16.5. The first-order chi connectivity index (χ1) is 9.72. The van der Waals surface area contributed by atoms with E-state index in [1.54, 1.807) is 6.07 Å². The smallest absolute Gasteiger partial charge is 0.323 e. The van der Waals surface area contributed by atoms with E-state index in [2.05, 4.69) is 15.4 Å². The third-order valence-electron chi connectivity index (χ3n) is 4.31. The largest absolute Gasteiger partial charge is 0.360 e. The minimum absolute atomic E-state index is 0.0793. The maximum Gasteiger partial charge on any atom is 0.323 e. The van der Waals surface area contributed by atoms with Crippen LogP contribution in [0.1, 0.15) is 31.4 Å². The molecule has 6 nitrogen and oxygen atoms in total. The lowest BCUT2D eigenvalue weighted by atomic mass is 10.2. The molecule has 0 spiro atoms. The van der Waals surface area contributed by atoms with Gasteiger partial charge < -0.3 is 9.42 Å². The second-order valence-corrected chi connectivity index (χ2v) is 5.71. The number of aryl methyl sites for hydroxylation is 1. The topological polar surface area (TPSA) is 61.6 Å². The molecule has 1 N–H and O–H groups in total. The van der Waals surface area contributed by atoms with Gasteiger partial charge in [-0.3, -0.25) is 10.2 Å². The van der Waals surface area contributed by atoms with E-state index in [0.717, 1.165) is 32.2 Å². The van der Waals surface area contributed by atoms with Crippen LogP contribution in [0.4, 0.5) is 10.6 Å². The highest BCUT2D eigenvalue weighted by molar-refractivity contribution is 5.88. The van der Waals surface area contributed by atoms with Crippen LogP contribution >= 0.6 is 0 Å². The standard InChI is InChI=1S/C14H22N4O2/c1-11-10-13(16-20-11)15-14(19)18-8-6-17(7-9-18)12-4-2-3-5-12/h10,12H,2-9H2,1H3,(H,15,16,19). The number of urea groups is 1. The highest BCUT2D eigenvalue weighted by atomic mass is 16.5. The third kappa shape index (κ3) is 2.95. The quantitative estimate of drug-likeness (QED) is 0.899. The molecule has 20 heavy (non-hydrogen) atoms. The van der Waals surface area contributed by atoms with Gasteiger partial charge in [0.25, 0.3) is 0 Å². The Kier molecular flexibility index (Phi) is 3.91. The summed E-state index contributed by atoms with van der Waals surface area (Å²) >= 11 is 0. The number of hydrogen-bond acceptors (Lipinski definition) is 4. The van der Waals surface area contributed by atoms with Crippen molar-refractivity contribution in [2.45, 2.75) is 38.6 Å². The van der Waals surface area contributed by atoms with Crippen LogP contribution in [0.3, 0.4) is 0 Å². The van der Waals surface area contributed by atoms with Gasteiger partial charge in [0.1, 0.15) is 5.76 Å². The number of hydrogen-bond donors (Lipinski definition) is 1. The minimum atomic E-state index is -0.0793. The molecule has 0 unspecified atom stereocenters. The molecule has 1 aromatic heterocycles. The van der Waals surface area contributed by atoms with Crippen molar-refractivity contribution in [3.8, 4) is 0 Å². The average molecular weight is 278 g/mol. The van der Waals surface area contributed by atoms with E-state index in [1.807, 2.05) is 11.8 Å². The van der Waals surface area contributed by atoms with Gasteiger partial charge in [-0.1, -0.05) is 18.0 Å². The third-order valence-corrected chi connectivity index (χ3v) is 4.31. The van der Waals surface area contributed by atoms with Gasteiger partial charge in [0.2, 0.25) is 0 Å². The Bertz CT molecular complexity index is 459. The summed E-state index contributed by atoms with van der Waals surface area (Å²) in [6.45, 7) is 5.35. The molecule has 6 heteroatoms. The van der Waals surface area contributed by atoms with E-state index in [1.165, 1.54) is 25.7 Å². The minimum Gasteiger partial charge on any atom is -0.360 e. The number of nitrogens with zero attached hydrogens (tertiary/aromatic N) is 3. The number of aromatic nitrogens is 1. The fourth-order valence-electron chi connectivity index (χ4n) is 3.17. The first-order valence-corrected chi connectivity index (χ1v) is 7.45. The van der Waals surface area contributed by atoms with E-state index in [9.17, 15) is 4.79 Å². The van der Waals surface area contributed by atoms with E-state index in [-0.39, 0.29) is 6.03 Å². The summed E-state index contributed by atoms with van der Waals surface area (Å²) in [5.41, 5.74) is 0. The summed E-state index contributed by atoms with van der Waals surface area (Å²) in [5, 5.41) is 6.56. The molecule has 1 aromatic rings. The average Bonchev–Trinajstić information content (AvgIpc) is 3.11. The second kappa shape index (κ2) is 5.83. The molecule has 0 aromatic carbocycles. The molecule has 0 bridgehead atoms. The van der Waals surface area contributed by atoms with Crippen LogP contribution in [0, 0.1) is 6.92 Å². The highest BCUT2D eigenvalue weighted by Crippen LogP contribution is 2.24. The van der Waals surface area contributed by atoms with Gasteiger partial charge >= 0.3 is 6.03 Å². The SMILES string of the molecule is Cc1cc(NC(=O)N2CCN(C3CCCC3)CC2)no1. The van der Waals surface area contributed by atoms with E-state index < -0.39 is 0 Å². The summed E-state index contributed by atoms with van der Waals surface area (Å²) in [5.74, 6) is 1.19. The second-order valence-electron chi connectivity index (χ2n) is 5.71. The number of piperazine rings is 1. The molecule has 2 heterocycles. The number of carbonyl (C=O) groups is 1. The fraction of sp³-hybridized carbons (Fsp3) is 0.714. The zero-order valence-corrected chi connectivity index (χ0v) is 12.0. The molecule has 1 aliphatic carbocycles. The van der Waals surface area contributed by atoms with Crippen molar-refractivity contribution in [3.05, 3.63) is 11.8 Å². The number of nitrogens with one attached hydrogen (secondary N) is 1. The Morgan fingerprint density at radius 3 is 2.60 bits per heavy atom. The van der Waals surface area contributed by atoms with E-state index in [0.29, 0.717) is 11.6 Å².